The number of Topliss-reactive ketones (excluding diaryl/α,β-unsaturated/α-hetero) is 1. The third-order valence-corrected chi connectivity index (χ3v) is 6.12. The number of carbonyl (C=O) groups is 2. The highest BCUT2D eigenvalue weighted by Crippen LogP contribution is 2.27. The van der Waals surface area contributed by atoms with Crippen molar-refractivity contribution < 1.29 is 9.59 Å². The topological polar surface area (TPSA) is 40.6 Å². The monoisotopic (exact) mass is 394 g/mol. The molecule has 1 saturated carbocycles. The smallest absolute Gasteiger partial charge is 0.227 e. The van der Waals surface area contributed by atoms with E-state index in [9.17, 15) is 9.59 Å². The van der Waals surface area contributed by atoms with Crippen LogP contribution >= 0.6 is 23.2 Å². The third kappa shape index (κ3) is 4.48. The van der Waals surface area contributed by atoms with Gasteiger partial charge in [0.05, 0.1) is 22.5 Å². The van der Waals surface area contributed by atoms with Gasteiger partial charge < -0.3 is 4.90 Å². The fourth-order valence-electron chi connectivity index (χ4n) is 3.89. The molecule has 26 heavy (non-hydrogen) atoms. The van der Waals surface area contributed by atoms with Crippen molar-refractivity contribution in [2.24, 2.45) is 0 Å². The summed E-state index contributed by atoms with van der Waals surface area (Å²) in [6, 6.07) is 5.40. The van der Waals surface area contributed by atoms with Gasteiger partial charge in [-0.15, -0.1) is 0 Å². The van der Waals surface area contributed by atoms with Crippen LogP contribution in [0.5, 0.6) is 0 Å². The summed E-state index contributed by atoms with van der Waals surface area (Å²) in [6.07, 6.45) is 7.45. The van der Waals surface area contributed by atoms with E-state index < -0.39 is 0 Å². The second-order valence-electron chi connectivity index (χ2n) is 7.12. The lowest BCUT2D eigenvalue weighted by Gasteiger charge is -2.38. The molecular formula is C20H24Cl2N2O2. The average Bonchev–Trinajstić information content (AvgIpc) is 3.07. The number of hydrogen-bond donors (Lipinski definition) is 0. The number of ketones is 1. The number of benzene rings is 1. The summed E-state index contributed by atoms with van der Waals surface area (Å²) < 4.78 is 0. The second kappa shape index (κ2) is 8.55. The molecule has 0 N–H and O–H groups in total. The third-order valence-electron chi connectivity index (χ3n) is 5.38. The minimum absolute atomic E-state index is 0.000227. The summed E-state index contributed by atoms with van der Waals surface area (Å²) in [7, 11) is 1.82. The fraction of sp³-hybridized carbons (Fsp3) is 0.500. The van der Waals surface area contributed by atoms with Crippen LogP contribution in [0.25, 0.3) is 0 Å². The summed E-state index contributed by atoms with van der Waals surface area (Å²) in [4.78, 5) is 29.2. The van der Waals surface area contributed by atoms with Crippen molar-refractivity contribution >= 4 is 34.9 Å². The Labute approximate surface area is 164 Å². The molecular weight excluding hydrogens is 371 g/mol. The molecule has 2 unspecified atom stereocenters. The van der Waals surface area contributed by atoms with Gasteiger partial charge in [0.2, 0.25) is 5.91 Å². The van der Waals surface area contributed by atoms with Gasteiger partial charge >= 0.3 is 0 Å². The van der Waals surface area contributed by atoms with Crippen molar-refractivity contribution in [3.8, 4) is 0 Å². The van der Waals surface area contributed by atoms with E-state index in [0.717, 1.165) is 31.5 Å². The maximum absolute atomic E-state index is 12.9. The minimum atomic E-state index is -0.0832. The fourth-order valence-corrected chi connectivity index (χ4v) is 4.21. The Morgan fingerprint density at radius 1 is 1.23 bits per heavy atom. The molecule has 1 aromatic rings. The number of amides is 1. The van der Waals surface area contributed by atoms with Gasteiger partial charge in [-0.2, -0.15) is 0 Å². The Morgan fingerprint density at radius 2 is 1.96 bits per heavy atom. The van der Waals surface area contributed by atoms with Crippen LogP contribution in [0.4, 0.5) is 0 Å². The highest BCUT2D eigenvalue weighted by atomic mass is 35.5. The van der Waals surface area contributed by atoms with Crippen LogP contribution < -0.4 is 0 Å². The Morgan fingerprint density at radius 3 is 2.65 bits per heavy atom. The van der Waals surface area contributed by atoms with Crippen LogP contribution in [0.2, 0.25) is 10.0 Å². The minimum Gasteiger partial charge on any atom is -0.340 e. The van der Waals surface area contributed by atoms with E-state index in [4.69, 9.17) is 23.2 Å². The highest BCUT2D eigenvalue weighted by Gasteiger charge is 2.35. The molecule has 3 rings (SSSR count). The Kier molecular flexibility index (Phi) is 6.38. The zero-order valence-corrected chi connectivity index (χ0v) is 16.5. The molecule has 1 amide bonds. The predicted octanol–water partition coefficient (Wildman–Crippen LogP) is 3.75. The molecule has 2 atom stereocenters. The SMILES string of the molecule is CN(C(=O)Cc1ccc(Cl)c(Cl)c1)C1CC(=O)CCCC1N1CC=CC1. The van der Waals surface area contributed by atoms with Gasteiger partial charge in [0, 0.05) is 39.0 Å². The Bertz CT molecular complexity index is 712. The largest absolute Gasteiger partial charge is 0.340 e. The van der Waals surface area contributed by atoms with Crippen molar-refractivity contribution in [2.45, 2.75) is 44.2 Å². The first kappa shape index (κ1) is 19.4. The van der Waals surface area contributed by atoms with Crippen molar-refractivity contribution in [3.63, 3.8) is 0 Å². The summed E-state index contributed by atoms with van der Waals surface area (Å²) in [5.74, 6) is 0.249. The second-order valence-corrected chi connectivity index (χ2v) is 7.94. The molecule has 0 radical (unpaired) electrons. The quantitative estimate of drug-likeness (QED) is 0.576. The molecule has 140 valence electrons. The number of likely N-dealkylation sites (N-methyl/N-ethyl adjacent to an activating group) is 1. The van der Waals surface area contributed by atoms with Crippen molar-refractivity contribution in [1.29, 1.82) is 0 Å². The zero-order chi connectivity index (χ0) is 18.7. The Hall–Kier alpha value is -1.36. The van der Waals surface area contributed by atoms with Crippen LogP contribution in [0.3, 0.4) is 0 Å². The molecule has 0 aromatic heterocycles. The molecule has 1 aromatic carbocycles. The summed E-state index contributed by atoms with van der Waals surface area (Å²) in [6.45, 7) is 1.79. The number of hydrogen-bond acceptors (Lipinski definition) is 3. The molecule has 1 aliphatic heterocycles. The highest BCUT2D eigenvalue weighted by molar-refractivity contribution is 6.42. The first-order valence-electron chi connectivity index (χ1n) is 9.06. The standard InChI is InChI=1S/C20H24Cl2N2O2/c1-23(20(26)12-14-7-8-16(21)17(22)11-14)19-13-15(25)5-4-6-18(19)24-9-2-3-10-24/h2-3,7-8,11,18-19H,4-6,9-10,12-13H2,1H3. The lowest BCUT2D eigenvalue weighted by molar-refractivity contribution is -0.133. The summed E-state index contributed by atoms with van der Waals surface area (Å²) >= 11 is 12.0. The average molecular weight is 395 g/mol. The molecule has 1 fully saturated rings. The van der Waals surface area contributed by atoms with Crippen LogP contribution in [0, 0.1) is 0 Å². The molecule has 2 aliphatic rings. The number of carbonyl (C=O) groups excluding carboxylic acids is 2. The molecule has 1 heterocycles. The van der Waals surface area contributed by atoms with Crippen LogP contribution in [0.1, 0.15) is 31.2 Å². The van der Waals surface area contributed by atoms with E-state index in [2.05, 4.69) is 17.1 Å². The first-order valence-corrected chi connectivity index (χ1v) is 9.81. The van der Waals surface area contributed by atoms with Gasteiger partial charge in [0.1, 0.15) is 5.78 Å². The van der Waals surface area contributed by atoms with Gasteiger partial charge in [-0.1, -0.05) is 41.4 Å². The lowest BCUT2D eigenvalue weighted by Crippen LogP contribution is -2.52. The van der Waals surface area contributed by atoms with E-state index in [-0.39, 0.29) is 30.2 Å². The van der Waals surface area contributed by atoms with Crippen LogP contribution in [0.15, 0.2) is 30.4 Å². The number of halogens is 2. The van der Waals surface area contributed by atoms with E-state index in [1.165, 1.54) is 0 Å². The lowest BCUT2D eigenvalue weighted by atomic mass is 9.99. The first-order chi connectivity index (χ1) is 12.5. The van der Waals surface area contributed by atoms with E-state index in [1.54, 1.807) is 17.0 Å². The van der Waals surface area contributed by atoms with E-state index >= 15 is 0 Å². The molecule has 0 saturated heterocycles. The van der Waals surface area contributed by atoms with Gasteiger partial charge in [-0.05, 0) is 30.5 Å². The maximum atomic E-state index is 12.9. The zero-order valence-electron chi connectivity index (χ0n) is 15.0. The van der Waals surface area contributed by atoms with Gasteiger partial charge in [-0.3, -0.25) is 14.5 Å². The number of nitrogens with zero attached hydrogens (tertiary/aromatic N) is 2. The molecule has 0 bridgehead atoms. The van der Waals surface area contributed by atoms with Crippen molar-refractivity contribution in [2.75, 3.05) is 20.1 Å². The van der Waals surface area contributed by atoms with Gasteiger partial charge in [0.15, 0.2) is 0 Å². The van der Waals surface area contributed by atoms with Crippen LogP contribution in [-0.4, -0.2) is 53.7 Å². The van der Waals surface area contributed by atoms with Crippen LogP contribution in [-0.2, 0) is 16.0 Å². The van der Waals surface area contributed by atoms with Crippen molar-refractivity contribution in [3.05, 3.63) is 46.0 Å². The van der Waals surface area contributed by atoms with E-state index in [1.807, 2.05) is 13.1 Å². The van der Waals surface area contributed by atoms with Gasteiger partial charge in [-0.25, -0.2) is 0 Å². The van der Waals surface area contributed by atoms with Gasteiger partial charge in [0.25, 0.3) is 0 Å². The molecule has 4 nitrogen and oxygen atoms in total. The van der Waals surface area contributed by atoms with Crippen molar-refractivity contribution in [1.82, 2.24) is 9.80 Å². The Balaban J connectivity index is 1.74. The normalized spacial score (nSPS) is 23.9. The molecule has 0 spiro atoms. The molecule has 1 aliphatic carbocycles. The maximum Gasteiger partial charge on any atom is 0.227 e. The number of rotatable bonds is 4. The summed E-state index contributed by atoms with van der Waals surface area (Å²) in [5.41, 5.74) is 0.829. The van der Waals surface area contributed by atoms with E-state index in [0.29, 0.717) is 22.9 Å². The molecule has 6 heteroatoms. The summed E-state index contributed by atoms with van der Waals surface area (Å²) in [5, 5.41) is 0.928. The predicted molar refractivity (Wildman–Crippen MR) is 105 cm³/mol.